The van der Waals surface area contributed by atoms with Gasteiger partial charge in [-0.3, -0.25) is 0 Å². The molecule has 1 aliphatic rings. The number of rotatable bonds is 6. The predicted molar refractivity (Wildman–Crippen MR) is 65.1 cm³/mol. The molecule has 1 saturated carbocycles. The molecule has 0 aliphatic heterocycles. The maximum atomic E-state index is 5.44. The van der Waals surface area contributed by atoms with Crippen LogP contribution in [0.4, 0.5) is 0 Å². The van der Waals surface area contributed by atoms with Crippen LogP contribution in [0.2, 0.25) is 0 Å². The van der Waals surface area contributed by atoms with Gasteiger partial charge in [-0.15, -0.1) is 0 Å². The number of hydrogen-bond acceptors (Lipinski definition) is 2. The lowest BCUT2D eigenvalue weighted by molar-refractivity contribution is 0.107. The summed E-state index contributed by atoms with van der Waals surface area (Å²) in [6, 6.07) is 0.459. The van der Waals surface area contributed by atoms with E-state index in [1.54, 1.807) is 0 Å². The minimum atomic E-state index is 0.271. The minimum absolute atomic E-state index is 0.271. The van der Waals surface area contributed by atoms with E-state index >= 15 is 0 Å². The SMILES string of the molecule is CCOCC(C)NC(C)(C)C1CCCC1. The van der Waals surface area contributed by atoms with Gasteiger partial charge in [-0.05, 0) is 46.5 Å². The second kappa shape index (κ2) is 5.86. The summed E-state index contributed by atoms with van der Waals surface area (Å²) in [6.45, 7) is 10.6. The third-order valence-corrected chi connectivity index (χ3v) is 3.57. The van der Waals surface area contributed by atoms with Crippen molar-refractivity contribution < 1.29 is 4.74 Å². The quantitative estimate of drug-likeness (QED) is 0.732. The van der Waals surface area contributed by atoms with Crippen LogP contribution in [0.25, 0.3) is 0 Å². The third kappa shape index (κ3) is 4.12. The van der Waals surface area contributed by atoms with Gasteiger partial charge in [0.25, 0.3) is 0 Å². The molecule has 2 heteroatoms. The van der Waals surface area contributed by atoms with Gasteiger partial charge < -0.3 is 10.1 Å². The molecule has 1 unspecified atom stereocenters. The smallest absolute Gasteiger partial charge is 0.0616 e. The van der Waals surface area contributed by atoms with Gasteiger partial charge in [-0.1, -0.05) is 12.8 Å². The van der Waals surface area contributed by atoms with Crippen molar-refractivity contribution in [2.45, 2.75) is 65.0 Å². The first-order chi connectivity index (χ1) is 7.06. The molecule has 0 radical (unpaired) electrons. The summed E-state index contributed by atoms with van der Waals surface area (Å²) in [5, 5.41) is 3.71. The molecule has 15 heavy (non-hydrogen) atoms. The Kier molecular flexibility index (Phi) is 5.07. The molecule has 0 heterocycles. The lowest BCUT2D eigenvalue weighted by Gasteiger charge is -2.35. The van der Waals surface area contributed by atoms with Crippen molar-refractivity contribution in [2.75, 3.05) is 13.2 Å². The van der Waals surface area contributed by atoms with Crippen LogP contribution in [0.1, 0.15) is 53.4 Å². The molecule has 0 spiro atoms. The highest BCUT2D eigenvalue weighted by Gasteiger charge is 2.32. The first-order valence-electron chi connectivity index (χ1n) is 6.41. The molecule has 90 valence electrons. The van der Waals surface area contributed by atoms with Crippen molar-refractivity contribution >= 4 is 0 Å². The summed E-state index contributed by atoms with van der Waals surface area (Å²) >= 11 is 0. The lowest BCUT2D eigenvalue weighted by Crippen LogP contribution is -2.50. The average molecular weight is 213 g/mol. The van der Waals surface area contributed by atoms with Crippen LogP contribution in [0.5, 0.6) is 0 Å². The van der Waals surface area contributed by atoms with E-state index < -0.39 is 0 Å². The summed E-state index contributed by atoms with van der Waals surface area (Å²) in [5.41, 5.74) is 0.271. The highest BCUT2D eigenvalue weighted by atomic mass is 16.5. The van der Waals surface area contributed by atoms with E-state index in [-0.39, 0.29) is 5.54 Å². The van der Waals surface area contributed by atoms with E-state index in [2.05, 4.69) is 33.0 Å². The van der Waals surface area contributed by atoms with E-state index in [1.807, 2.05) is 0 Å². The molecule has 0 aromatic heterocycles. The molecule has 0 saturated heterocycles. The monoisotopic (exact) mass is 213 g/mol. The molecule has 0 aromatic carbocycles. The fourth-order valence-corrected chi connectivity index (χ4v) is 2.74. The molecule has 0 amide bonds. The summed E-state index contributed by atoms with van der Waals surface area (Å²) in [5.74, 6) is 0.849. The molecule has 1 N–H and O–H groups in total. The zero-order valence-corrected chi connectivity index (χ0v) is 10.8. The summed E-state index contributed by atoms with van der Waals surface area (Å²) in [7, 11) is 0. The van der Waals surface area contributed by atoms with E-state index in [1.165, 1.54) is 25.7 Å². The zero-order chi connectivity index (χ0) is 11.3. The zero-order valence-electron chi connectivity index (χ0n) is 10.8. The minimum Gasteiger partial charge on any atom is -0.380 e. The maximum absolute atomic E-state index is 5.44. The van der Waals surface area contributed by atoms with Gasteiger partial charge in [-0.25, -0.2) is 0 Å². The summed E-state index contributed by atoms with van der Waals surface area (Å²) < 4.78 is 5.44. The van der Waals surface area contributed by atoms with Gasteiger partial charge in [0, 0.05) is 18.2 Å². The fraction of sp³-hybridized carbons (Fsp3) is 1.00. The van der Waals surface area contributed by atoms with Crippen molar-refractivity contribution in [3.63, 3.8) is 0 Å². The molecule has 1 fully saturated rings. The lowest BCUT2D eigenvalue weighted by atomic mass is 9.85. The Morgan fingerprint density at radius 2 is 1.93 bits per heavy atom. The Labute approximate surface area is 94.8 Å². The van der Waals surface area contributed by atoms with Crippen molar-refractivity contribution in [1.82, 2.24) is 5.32 Å². The first-order valence-corrected chi connectivity index (χ1v) is 6.41. The van der Waals surface area contributed by atoms with Crippen molar-refractivity contribution in [3.05, 3.63) is 0 Å². The van der Waals surface area contributed by atoms with E-state index in [4.69, 9.17) is 4.74 Å². The van der Waals surface area contributed by atoms with Crippen LogP contribution in [0.3, 0.4) is 0 Å². The van der Waals surface area contributed by atoms with Crippen LogP contribution >= 0.6 is 0 Å². The second-order valence-corrected chi connectivity index (χ2v) is 5.41. The van der Waals surface area contributed by atoms with Crippen molar-refractivity contribution in [1.29, 1.82) is 0 Å². The molecule has 0 bridgehead atoms. The predicted octanol–water partition coefficient (Wildman–Crippen LogP) is 2.97. The topological polar surface area (TPSA) is 21.3 Å². The van der Waals surface area contributed by atoms with Gasteiger partial charge in [0.2, 0.25) is 0 Å². The van der Waals surface area contributed by atoms with Crippen molar-refractivity contribution in [3.8, 4) is 0 Å². The van der Waals surface area contributed by atoms with Gasteiger partial charge >= 0.3 is 0 Å². The molecule has 1 aliphatic carbocycles. The Morgan fingerprint density at radius 1 is 1.33 bits per heavy atom. The molecule has 0 aromatic rings. The Hall–Kier alpha value is -0.0800. The highest BCUT2D eigenvalue weighted by Crippen LogP contribution is 2.33. The van der Waals surface area contributed by atoms with Crippen LogP contribution < -0.4 is 5.32 Å². The standard InChI is InChI=1S/C13H27NO/c1-5-15-10-11(2)14-13(3,4)12-8-6-7-9-12/h11-12,14H,5-10H2,1-4H3. The molecular formula is C13H27NO. The van der Waals surface area contributed by atoms with Crippen LogP contribution in [-0.4, -0.2) is 24.8 Å². The number of hydrogen-bond donors (Lipinski definition) is 1. The normalized spacial score (nSPS) is 20.8. The van der Waals surface area contributed by atoms with Gasteiger partial charge in [0.1, 0.15) is 0 Å². The molecular weight excluding hydrogens is 186 g/mol. The van der Waals surface area contributed by atoms with E-state index in [0.29, 0.717) is 6.04 Å². The summed E-state index contributed by atoms with van der Waals surface area (Å²) in [4.78, 5) is 0. The largest absolute Gasteiger partial charge is 0.380 e. The Bertz CT molecular complexity index is 173. The average Bonchev–Trinajstić information content (AvgIpc) is 2.67. The first kappa shape index (κ1) is 13.0. The van der Waals surface area contributed by atoms with Gasteiger partial charge in [0.05, 0.1) is 6.61 Å². The number of ether oxygens (including phenoxy) is 1. The Morgan fingerprint density at radius 3 is 2.47 bits per heavy atom. The van der Waals surface area contributed by atoms with E-state index in [0.717, 1.165) is 19.1 Å². The van der Waals surface area contributed by atoms with Gasteiger partial charge in [-0.2, -0.15) is 0 Å². The van der Waals surface area contributed by atoms with Crippen LogP contribution in [0.15, 0.2) is 0 Å². The second-order valence-electron chi connectivity index (χ2n) is 5.41. The molecule has 1 rings (SSSR count). The fourth-order valence-electron chi connectivity index (χ4n) is 2.74. The van der Waals surface area contributed by atoms with Crippen LogP contribution in [0, 0.1) is 5.92 Å². The molecule has 2 nitrogen and oxygen atoms in total. The van der Waals surface area contributed by atoms with E-state index in [9.17, 15) is 0 Å². The number of nitrogens with one attached hydrogen (secondary N) is 1. The van der Waals surface area contributed by atoms with Gasteiger partial charge in [0.15, 0.2) is 0 Å². The summed E-state index contributed by atoms with van der Waals surface area (Å²) in [6.07, 6.45) is 5.61. The maximum Gasteiger partial charge on any atom is 0.0616 e. The third-order valence-electron chi connectivity index (χ3n) is 3.57. The molecule has 1 atom stereocenters. The van der Waals surface area contributed by atoms with Crippen LogP contribution in [-0.2, 0) is 4.74 Å². The highest BCUT2D eigenvalue weighted by molar-refractivity contribution is 4.90. The van der Waals surface area contributed by atoms with Crippen molar-refractivity contribution in [2.24, 2.45) is 5.92 Å². The Balaban J connectivity index is 2.33.